The Morgan fingerprint density at radius 2 is 1.83 bits per heavy atom. The van der Waals surface area contributed by atoms with Crippen molar-refractivity contribution in [1.82, 2.24) is 15.6 Å². The van der Waals surface area contributed by atoms with Gasteiger partial charge >= 0.3 is 0 Å². The molecular formula is C25H31N5. The zero-order chi connectivity index (χ0) is 20.8. The van der Waals surface area contributed by atoms with Gasteiger partial charge in [0.1, 0.15) is 5.84 Å². The molecule has 2 aliphatic rings. The summed E-state index contributed by atoms with van der Waals surface area (Å²) in [6.07, 6.45) is 5.60. The van der Waals surface area contributed by atoms with Crippen LogP contribution in [0.2, 0.25) is 0 Å². The highest BCUT2D eigenvalue weighted by Crippen LogP contribution is 2.44. The summed E-state index contributed by atoms with van der Waals surface area (Å²) in [5.41, 5.74) is 4.94. The zero-order valence-corrected chi connectivity index (χ0v) is 17.6. The molecule has 0 radical (unpaired) electrons. The van der Waals surface area contributed by atoms with E-state index < -0.39 is 0 Å². The molecule has 2 unspecified atom stereocenters. The molecule has 1 aliphatic heterocycles. The Labute approximate surface area is 179 Å². The number of amidine groups is 1. The van der Waals surface area contributed by atoms with E-state index >= 15 is 0 Å². The van der Waals surface area contributed by atoms with Gasteiger partial charge in [-0.25, -0.2) is 5.01 Å². The van der Waals surface area contributed by atoms with Crippen LogP contribution in [0.15, 0.2) is 71.3 Å². The lowest BCUT2D eigenvalue weighted by Crippen LogP contribution is -2.38. The van der Waals surface area contributed by atoms with Crippen molar-refractivity contribution < 1.29 is 0 Å². The molecule has 0 saturated heterocycles. The monoisotopic (exact) mass is 401 g/mol. The average Bonchev–Trinajstić information content (AvgIpc) is 3.19. The molecule has 0 amide bonds. The van der Waals surface area contributed by atoms with E-state index in [4.69, 9.17) is 10.5 Å². The van der Waals surface area contributed by atoms with Crippen molar-refractivity contribution in [3.05, 3.63) is 77.4 Å². The lowest BCUT2D eigenvalue weighted by Gasteiger charge is -2.30. The van der Waals surface area contributed by atoms with Crippen molar-refractivity contribution in [2.45, 2.75) is 25.3 Å². The number of fused-ring (bicyclic) bond motifs is 1. The minimum absolute atomic E-state index is 0.0965. The van der Waals surface area contributed by atoms with Crippen molar-refractivity contribution in [1.29, 1.82) is 5.41 Å². The molecule has 2 atom stereocenters. The fourth-order valence-electron chi connectivity index (χ4n) is 4.46. The molecule has 4 rings (SSSR count). The van der Waals surface area contributed by atoms with Gasteiger partial charge in [-0.15, -0.1) is 0 Å². The third-order valence-corrected chi connectivity index (χ3v) is 5.90. The molecule has 0 bridgehead atoms. The third-order valence-electron chi connectivity index (χ3n) is 5.90. The van der Waals surface area contributed by atoms with Crippen LogP contribution >= 0.6 is 0 Å². The first-order valence-corrected chi connectivity index (χ1v) is 10.9. The molecule has 5 heteroatoms. The predicted octanol–water partition coefficient (Wildman–Crippen LogP) is 4.07. The molecule has 5 nitrogen and oxygen atoms in total. The summed E-state index contributed by atoms with van der Waals surface area (Å²) in [7, 11) is 1.94. The van der Waals surface area contributed by atoms with E-state index in [0.29, 0.717) is 18.3 Å². The summed E-state index contributed by atoms with van der Waals surface area (Å²) in [5, 5.41) is 22.3. The number of hydrogen-bond donors (Lipinski definition) is 3. The third kappa shape index (κ3) is 4.53. The summed E-state index contributed by atoms with van der Waals surface area (Å²) in [5.74, 6) is 0.856. The van der Waals surface area contributed by atoms with Gasteiger partial charge < -0.3 is 10.6 Å². The van der Waals surface area contributed by atoms with Gasteiger partial charge in [0.2, 0.25) is 0 Å². The highest BCUT2D eigenvalue weighted by Gasteiger charge is 2.42. The van der Waals surface area contributed by atoms with Crippen LogP contribution in [-0.4, -0.2) is 43.2 Å². The van der Waals surface area contributed by atoms with Gasteiger partial charge in [0.25, 0.3) is 0 Å². The molecule has 1 heterocycles. The topological polar surface area (TPSA) is 63.5 Å². The second-order valence-electron chi connectivity index (χ2n) is 7.99. The summed E-state index contributed by atoms with van der Waals surface area (Å²) in [6.45, 7) is 2.24. The van der Waals surface area contributed by atoms with Crippen LogP contribution in [0.1, 0.15) is 36.4 Å². The van der Waals surface area contributed by atoms with Gasteiger partial charge in [0.05, 0.1) is 18.3 Å². The first-order chi connectivity index (χ1) is 14.8. The minimum atomic E-state index is 0.0965. The van der Waals surface area contributed by atoms with Crippen LogP contribution in [0, 0.1) is 11.3 Å². The Morgan fingerprint density at radius 3 is 2.57 bits per heavy atom. The number of rotatable bonds is 7. The first-order valence-electron chi connectivity index (χ1n) is 10.9. The maximum Gasteiger partial charge on any atom is 0.131 e. The van der Waals surface area contributed by atoms with Gasteiger partial charge in [0.15, 0.2) is 0 Å². The molecule has 1 aliphatic carbocycles. The van der Waals surface area contributed by atoms with Crippen molar-refractivity contribution >= 4 is 17.6 Å². The Hall–Kier alpha value is -2.76. The number of benzene rings is 2. The van der Waals surface area contributed by atoms with Crippen molar-refractivity contribution in [2.75, 3.05) is 26.7 Å². The lowest BCUT2D eigenvalue weighted by molar-refractivity contribution is 0.297. The van der Waals surface area contributed by atoms with Gasteiger partial charge in [-0.2, -0.15) is 5.10 Å². The summed E-state index contributed by atoms with van der Waals surface area (Å²) < 4.78 is 0. The van der Waals surface area contributed by atoms with Gasteiger partial charge in [-0.3, -0.25) is 5.41 Å². The summed E-state index contributed by atoms with van der Waals surface area (Å²) in [4.78, 5) is 0. The number of hydrogen-bond acceptors (Lipinski definition) is 4. The second-order valence-corrected chi connectivity index (χ2v) is 7.99. The second kappa shape index (κ2) is 9.83. The van der Waals surface area contributed by atoms with E-state index in [2.05, 4.69) is 71.3 Å². The van der Waals surface area contributed by atoms with Crippen LogP contribution in [0.25, 0.3) is 6.08 Å². The Kier molecular flexibility index (Phi) is 6.72. The van der Waals surface area contributed by atoms with Gasteiger partial charge in [0, 0.05) is 19.0 Å². The molecular weight excluding hydrogens is 370 g/mol. The predicted molar refractivity (Wildman–Crippen MR) is 125 cm³/mol. The quantitative estimate of drug-likeness (QED) is 0.372. The SMILES string of the molecule is CNCCNCC(=N)N1N=C2/C(=C/c3ccccc3)CCCC2C1c1ccccc1. The van der Waals surface area contributed by atoms with Crippen LogP contribution in [0.4, 0.5) is 0 Å². The van der Waals surface area contributed by atoms with Crippen molar-refractivity contribution in [2.24, 2.45) is 11.0 Å². The Bertz CT molecular complexity index is 904. The van der Waals surface area contributed by atoms with Crippen LogP contribution in [0.5, 0.6) is 0 Å². The fraction of sp³-hybridized carbons (Fsp3) is 0.360. The van der Waals surface area contributed by atoms with E-state index in [1.54, 1.807) is 0 Å². The molecule has 2 aromatic carbocycles. The highest BCUT2D eigenvalue weighted by atomic mass is 15.5. The fourth-order valence-corrected chi connectivity index (χ4v) is 4.46. The van der Waals surface area contributed by atoms with E-state index in [0.717, 1.165) is 32.4 Å². The van der Waals surface area contributed by atoms with Crippen LogP contribution in [-0.2, 0) is 0 Å². The number of likely N-dealkylation sites (N-methyl/N-ethyl adjacent to an activating group) is 1. The van der Waals surface area contributed by atoms with Crippen molar-refractivity contribution in [3.8, 4) is 0 Å². The van der Waals surface area contributed by atoms with E-state index in [1.165, 1.54) is 22.4 Å². The molecule has 0 spiro atoms. The van der Waals surface area contributed by atoms with Crippen LogP contribution < -0.4 is 10.6 Å². The number of allylic oxidation sites excluding steroid dienone is 1. The number of nitrogens with zero attached hydrogens (tertiary/aromatic N) is 2. The van der Waals surface area contributed by atoms with Crippen molar-refractivity contribution in [3.63, 3.8) is 0 Å². The average molecular weight is 402 g/mol. The van der Waals surface area contributed by atoms with Crippen LogP contribution in [0.3, 0.4) is 0 Å². The molecule has 156 valence electrons. The smallest absolute Gasteiger partial charge is 0.131 e. The summed E-state index contributed by atoms with van der Waals surface area (Å²) in [6, 6.07) is 21.2. The minimum Gasteiger partial charge on any atom is -0.318 e. The molecule has 30 heavy (non-hydrogen) atoms. The largest absolute Gasteiger partial charge is 0.318 e. The highest BCUT2D eigenvalue weighted by molar-refractivity contribution is 6.08. The maximum absolute atomic E-state index is 8.76. The van der Waals surface area contributed by atoms with E-state index in [-0.39, 0.29) is 6.04 Å². The zero-order valence-electron chi connectivity index (χ0n) is 17.6. The van der Waals surface area contributed by atoms with Gasteiger partial charge in [-0.05, 0) is 49.1 Å². The van der Waals surface area contributed by atoms with E-state index in [9.17, 15) is 0 Å². The molecule has 1 saturated carbocycles. The molecule has 0 aromatic heterocycles. The Balaban J connectivity index is 1.63. The molecule has 2 aromatic rings. The summed E-state index contributed by atoms with van der Waals surface area (Å²) >= 11 is 0. The molecule has 3 N–H and O–H groups in total. The van der Waals surface area contributed by atoms with Gasteiger partial charge in [-0.1, -0.05) is 60.7 Å². The lowest BCUT2D eigenvalue weighted by atomic mass is 9.77. The maximum atomic E-state index is 8.76. The standard InChI is InChI=1S/C25H31N5/c1-27-15-16-28-18-23(26)30-25(20-11-6-3-7-12-20)22-14-8-13-21(24(22)29-30)17-19-9-4-2-5-10-19/h2-7,9-12,17,22,25-28H,8,13-16,18H2,1H3/b21-17+,26-23?. The number of hydrazone groups is 1. The number of nitrogens with one attached hydrogen (secondary N) is 3. The molecule has 1 fully saturated rings. The van der Waals surface area contributed by atoms with E-state index in [1.807, 2.05) is 18.1 Å². The normalized spacial score (nSPS) is 22.1. The Morgan fingerprint density at radius 1 is 1.10 bits per heavy atom. The first kappa shape index (κ1) is 20.5.